The maximum atomic E-state index is 13.4. The molecule has 0 fully saturated rings. The second kappa shape index (κ2) is 11.1. The van der Waals surface area contributed by atoms with Crippen LogP contribution in [0.25, 0.3) is 11.1 Å². The van der Waals surface area contributed by atoms with Crippen molar-refractivity contribution in [2.24, 2.45) is 0 Å². The van der Waals surface area contributed by atoms with Crippen molar-refractivity contribution in [3.63, 3.8) is 0 Å². The van der Waals surface area contributed by atoms with Crippen molar-refractivity contribution in [3.8, 4) is 28.4 Å². The SMILES string of the molecule is COc1cc2c(c(OC)c1OC)-c1ccc(SC)c(=S)cc1[C@@H](NC(=O)c1cccc(C)c1Cl)CC2. The maximum absolute atomic E-state index is 13.4. The molecule has 0 aromatic heterocycles. The number of aryl methyl sites for hydroxylation is 2. The van der Waals surface area contributed by atoms with Crippen molar-refractivity contribution in [1.82, 2.24) is 5.32 Å². The van der Waals surface area contributed by atoms with Crippen LogP contribution in [-0.4, -0.2) is 33.5 Å². The Morgan fingerprint density at radius 1 is 1.08 bits per heavy atom. The van der Waals surface area contributed by atoms with Crippen molar-refractivity contribution >= 4 is 41.5 Å². The minimum Gasteiger partial charge on any atom is -0.493 e. The van der Waals surface area contributed by atoms with Crippen LogP contribution >= 0.6 is 35.6 Å². The first kappa shape index (κ1) is 26.3. The molecule has 1 amide bonds. The van der Waals surface area contributed by atoms with Crippen LogP contribution < -0.4 is 19.5 Å². The minimum atomic E-state index is -0.304. The Labute approximate surface area is 226 Å². The van der Waals surface area contributed by atoms with Gasteiger partial charge in [0.25, 0.3) is 5.91 Å². The van der Waals surface area contributed by atoms with Crippen LogP contribution in [-0.2, 0) is 6.42 Å². The number of hydrogen-bond donors (Lipinski definition) is 1. The summed E-state index contributed by atoms with van der Waals surface area (Å²) in [6.07, 6.45) is 3.33. The number of carbonyl (C=O) groups excluding carboxylic acids is 1. The molecule has 0 aliphatic heterocycles. The van der Waals surface area contributed by atoms with Gasteiger partial charge in [0, 0.05) is 10.5 Å². The third-order valence-corrected chi connectivity index (χ3v) is 8.23. The molecule has 0 radical (unpaired) electrons. The fourth-order valence-electron chi connectivity index (χ4n) is 4.68. The molecule has 1 aliphatic carbocycles. The number of benzene rings is 2. The van der Waals surface area contributed by atoms with E-state index in [4.69, 9.17) is 38.0 Å². The molecule has 1 aliphatic rings. The van der Waals surface area contributed by atoms with E-state index in [-0.39, 0.29) is 11.9 Å². The maximum Gasteiger partial charge on any atom is 0.253 e. The summed E-state index contributed by atoms with van der Waals surface area (Å²) in [5.41, 5.74) is 5.09. The number of nitrogens with one attached hydrogen (secondary N) is 1. The fraction of sp³-hybridized carbons (Fsp3) is 0.286. The van der Waals surface area contributed by atoms with E-state index >= 15 is 0 Å². The van der Waals surface area contributed by atoms with Crippen molar-refractivity contribution in [3.05, 3.63) is 74.3 Å². The van der Waals surface area contributed by atoms with Gasteiger partial charge >= 0.3 is 0 Å². The first-order valence-electron chi connectivity index (χ1n) is 11.4. The molecule has 1 N–H and O–H groups in total. The van der Waals surface area contributed by atoms with Crippen molar-refractivity contribution in [2.75, 3.05) is 27.6 Å². The largest absolute Gasteiger partial charge is 0.493 e. The zero-order valence-electron chi connectivity index (χ0n) is 20.9. The summed E-state index contributed by atoms with van der Waals surface area (Å²) in [4.78, 5) is 14.4. The molecule has 3 aromatic rings. The van der Waals surface area contributed by atoms with Gasteiger partial charge in [0.15, 0.2) is 11.5 Å². The van der Waals surface area contributed by atoms with Gasteiger partial charge in [-0.1, -0.05) is 42.0 Å². The molecule has 0 saturated heterocycles. The Bertz CT molecular complexity index is 1390. The molecule has 0 saturated carbocycles. The summed E-state index contributed by atoms with van der Waals surface area (Å²) in [6.45, 7) is 1.89. The van der Waals surface area contributed by atoms with Crippen LogP contribution in [0.3, 0.4) is 0 Å². The van der Waals surface area contributed by atoms with E-state index < -0.39 is 0 Å². The van der Waals surface area contributed by atoms with Gasteiger partial charge in [0.05, 0.1) is 42.5 Å². The molecule has 8 heteroatoms. The lowest BCUT2D eigenvalue weighted by atomic mass is 9.95. The highest BCUT2D eigenvalue weighted by atomic mass is 35.5. The number of carbonyl (C=O) groups is 1. The van der Waals surface area contributed by atoms with Crippen molar-refractivity contribution in [2.45, 2.75) is 30.7 Å². The predicted molar refractivity (Wildman–Crippen MR) is 149 cm³/mol. The second-order valence-electron chi connectivity index (χ2n) is 8.46. The lowest BCUT2D eigenvalue weighted by Gasteiger charge is -2.20. The third kappa shape index (κ3) is 4.80. The summed E-state index contributed by atoms with van der Waals surface area (Å²) in [7, 11) is 4.82. The molecule has 4 rings (SSSR count). The molecule has 0 spiro atoms. The quantitative estimate of drug-likeness (QED) is 0.263. The molecule has 0 unspecified atom stereocenters. The Morgan fingerprint density at radius 2 is 1.83 bits per heavy atom. The van der Waals surface area contributed by atoms with Crippen LogP contribution in [0.15, 0.2) is 47.4 Å². The van der Waals surface area contributed by atoms with Gasteiger partial charge in [0.2, 0.25) is 5.75 Å². The van der Waals surface area contributed by atoms with Gasteiger partial charge in [0.1, 0.15) is 0 Å². The van der Waals surface area contributed by atoms with E-state index in [0.29, 0.717) is 40.7 Å². The topological polar surface area (TPSA) is 56.8 Å². The van der Waals surface area contributed by atoms with Gasteiger partial charge in [-0.2, -0.15) is 0 Å². The zero-order valence-corrected chi connectivity index (χ0v) is 23.2. The number of thioether (sulfide) groups is 1. The lowest BCUT2D eigenvalue weighted by Crippen LogP contribution is -2.29. The number of fused-ring (bicyclic) bond motifs is 3. The number of amides is 1. The van der Waals surface area contributed by atoms with E-state index in [1.165, 1.54) is 0 Å². The van der Waals surface area contributed by atoms with Crippen LogP contribution in [0.4, 0.5) is 0 Å². The Kier molecular flexibility index (Phi) is 8.13. The molecule has 1 atom stereocenters. The Hall–Kier alpha value is -2.74. The summed E-state index contributed by atoms with van der Waals surface area (Å²) in [6, 6.07) is 13.2. The first-order chi connectivity index (χ1) is 17.3. The van der Waals surface area contributed by atoms with E-state index in [0.717, 1.165) is 37.2 Å². The summed E-state index contributed by atoms with van der Waals surface area (Å²) in [5, 5.41) is 3.68. The third-order valence-electron chi connectivity index (χ3n) is 6.46. The molecule has 3 aromatic carbocycles. The molecule has 0 bridgehead atoms. The molecule has 0 heterocycles. The van der Waals surface area contributed by atoms with Gasteiger partial charge < -0.3 is 19.5 Å². The number of methoxy groups -OCH3 is 3. The predicted octanol–water partition coefficient (Wildman–Crippen LogP) is 7.21. The second-order valence-corrected chi connectivity index (χ2v) is 10.1. The highest BCUT2D eigenvalue weighted by Crippen LogP contribution is 2.50. The van der Waals surface area contributed by atoms with Gasteiger partial charge in [-0.25, -0.2) is 0 Å². The first-order valence-corrected chi connectivity index (χ1v) is 13.5. The number of halogens is 1. The van der Waals surface area contributed by atoms with Gasteiger partial charge in [-0.05, 0) is 72.5 Å². The molecule has 188 valence electrons. The van der Waals surface area contributed by atoms with Crippen LogP contribution in [0.2, 0.25) is 5.02 Å². The average molecular weight is 542 g/mol. The van der Waals surface area contributed by atoms with E-state index in [2.05, 4.69) is 5.32 Å². The highest BCUT2D eigenvalue weighted by Gasteiger charge is 2.30. The summed E-state index contributed by atoms with van der Waals surface area (Å²) >= 11 is 13.8. The van der Waals surface area contributed by atoms with Crippen LogP contribution in [0, 0.1) is 11.4 Å². The van der Waals surface area contributed by atoms with E-state index in [1.807, 2.05) is 49.6 Å². The van der Waals surface area contributed by atoms with E-state index in [9.17, 15) is 4.79 Å². The van der Waals surface area contributed by atoms with Crippen LogP contribution in [0.5, 0.6) is 17.2 Å². The molecular formula is C28H28ClNO4S2. The lowest BCUT2D eigenvalue weighted by molar-refractivity contribution is 0.0935. The summed E-state index contributed by atoms with van der Waals surface area (Å²) in [5.74, 6) is 1.48. The minimum absolute atomic E-state index is 0.227. The van der Waals surface area contributed by atoms with Crippen molar-refractivity contribution in [1.29, 1.82) is 0 Å². The van der Waals surface area contributed by atoms with E-state index in [1.54, 1.807) is 39.2 Å². The standard InChI is InChI=1S/C28H28ClNO4S2/c1-15-7-6-8-18(25(15)29)28(31)30-20-11-9-16-13-21(32-2)26(33-3)27(34-4)24(16)17-10-12-23(36-5)22(35)14-19(17)20/h6-8,10,12-14,20H,9,11H2,1-5H3,(H,30,31)/t20-/m0/s1. The average Bonchev–Trinajstić information content (AvgIpc) is 3.12. The van der Waals surface area contributed by atoms with Gasteiger partial charge in [-0.3, -0.25) is 4.79 Å². The number of hydrogen-bond acceptors (Lipinski definition) is 6. The normalized spacial score (nSPS) is 14.2. The molecule has 5 nitrogen and oxygen atoms in total. The Balaban J connectivity index is 1.94. The Morgan fingerprint density at radius 3 is 2.50 bits per heavy atom. The van der Waals surface area contributed by atoms with Crippen molar-refractivity contribution < 1.29 is 19.0 Å². The van der Waals surface area contributed by atoms with Crippen LogP contribution in [0.1, 0.15) is 39.5 Å². The number of rotatable bonds is 6. The summed E-state index contributed by atoms with van der Waals surface area (Å²) < 4.78 is 17.9. The fourth-order valence-corrected chi connectivity index (χ4v) is 5.80. The highest BCUT2D eigenvalue weighted by molar-refractivity contribution is 7.98. The molecule has 36 heavy (non-hydrogen) atoms. The molecular weight excluding hydrogens is 514 g/mol. The zero-order chi connectivity index (χ0) is 26.0. The van der Waals surface area contributed by atoms with Gasteiger partial charge in [-0.15, -0.1) is 11.8 Å². The monoisotopic (exact) mass is 541 g/mol. The smallest absolute Gasteiger partial charge is 0.253 e. The number of ether oxygens (including phenoxy) is 3.